The zero-order chi connectivity index (χ0) is 36.7. The molecular formula is C51H38N4. The maximum Gasteiger partial charge on any atom is 0.132 e. The molecule has 55 heavy (non-hydrogen) atoms. The van der Waals surface area contributed by atoms with Gasteiger partial charge in [0, 0.05) is 47.7 Å². The van der Waals surface area contributed by atoms with Gasteiger partial charge in [0.25, 0.3) is 0 Å². The maximum absolute atomic E-state index is 4.67. The van der Waals surface area contributed by atoms with Crippen molar-refractivity contribution >= 4 is 40.7 Å². The van der Waals surface area contributed by atoms with Crippen LogP contribution in [0.3, 0.4) is 0 Å². The van der Waals surface area contributed by atoms with E-state index in [2.05, 4.69) is 202 Å². The fourth-order valence-corrected chi connectivity index (χ4v) is 8.33. The van der Waals surface area contributed by atoms with Crippen molar-refractivity contribution in [2.45, 2.75) is 19.0 Å². The molecule has 0 fully saturated rings. The standard InChI is InChI=1S/C51H38N4/c1-53-49-22-9-4-10-23-50(49)55(42-15-5-2-6-16-42)51(53)41-34-39(36-24-26-38(27-25-36)46-19-13-14-32-52-46)33-40(35-41)37-28-30-43(31-29-37)54-47-20-8-3-7-17-44(47)45-18-11-12-21-48(45)54/h2-7,10-12,15-35,51H,13-14H2,1H3. The maximum atomic E-state index is 4.67. The van der Waals surface area contributed by atoms with E-state index in [-0.39, 0.29) is 6.17 Å². The van der Waals surface area contributed by atoms with E-state index in [1.165, 1.54) is 38.7 Å². The quantitative estimate of drug-likeness (QED) is 0.161. The molecule has 5 aromatic carbocycles. The smallest absolute Gasteiger partial charge is 0.132 e. The zero-order valence-corrected chi connectivity index (χ0v) is 30.6. The molecule has 4 heteroatoms. The Morgan fingerprint density at radius 1 is 0.618 bits per heavy atom. The monoisotopic (exact) mass is 706 g/mol. The van der Waals surface area contributed by atoms with Gasteiger partial charge in [0.2, 0.25) is 0 Å². The van der Waals surface area contributed by atoms with Crippen LogP contribution >= 0.6 is 0 Å². The van der Waals surface area contributed by atoms with Crippen LogP contribution in [0.2, 0.25) is 0 Å². The van der Waals surface area contributed by atoms with Gasteiger partial charge < -0.3 is 14.4 Å². The molecule has 4 nitrogen and oxygen atoms in total. The van der Waals surface area contributed by atoms with Crippen LogP contribution in [-0.2, 0) is 0 Å². The third-order valence-corrected chi connectivity index (χ3v) is 10.9. The van der Waals surface area contributed by atoms with Gasteiger partial charge in [-0.05, 0) is 113 Å². The third-order valence-electron chi connectivity index (χ3n) is 10.9. The summed E-state index contributed by atoms with van der Waals surface area (Å²) < 4.78 is 2.35. The number of anilines is 1. The number of allylic oxidation sites excluding steroid dienone is 6. The lowest BCUT2D eigenvalue weighted by molar-refractivity contribution is 0.351. The first-order chi connectivity index (χ1) is 27.2. The summed E-state index contributed by atoms with van der Waals surface area (Å²) in [5, 5.41) is 1.23. The van der Waals surface area contributed by atoms with E-state index >= 15 is 0 Å². The average molecular weight is 707 g/mol. The van der Waals surface area contributed by atoms with Crippen LogP contribution in [0, 0.1) is 0 Å². The van der Waals surface area contributed by atoms with Crippen molar-refractivity contribution in [2.24, 2.45) is 4.99 Å². The first-order valence-corrected chi connectivity index (χ1v) is 18.9. The lowest BCUT2D eigenvalue weighted by Crippen LogP contribution is -2.30. The Labute approximate surface area is 322 Å². The molecule has 2 aliphatic carbocycles. The third kappa shape index (κ3) is 5.78. The van der Waals surface area contributed by atoms with Crippen LogP contribution < -0.4 is 4.90 Å². The van der Waals surface area contributed by atoms with Crippen molar-refractivity contribution in [1.82, 2.24) is 9.47 Å². The van der Waals surface area contributed by atoms with Crippen molar-refractivity contribution in [3.8, 4) is 27.9 Å². The van der Waals surface area contributed by atoms with Gasteiger partial charge in [0.05, 0.1) is 28.3 Å². The Morgan fingerprint density at radius 3 is 2.07 bits per heavy atom. The minimum atomic E-state index is -0.0817. The van der Waals surface area contributed by atoms with Gasteiger partial charge in [-0.25, -0.2) is 0 Å². The summed E-state index contributed by atoms with van der Waals surface area (Å²) in [5.74, 6) is 0. The Bertz CT molecular complexity index is 2770. The van der Waals surface area contributed by atoms with Crippen molar-refractivity contribution in [3.63, 3.8) is 0 Å². The average Bonchev–Trinajstić information content (AvgIpc) is 3.42. The van der Waals surface area contributed by atoms with Crippen molar-refractivity contribution in [3.05, 3.63) is 209 Å². The number of aliphatic imine (C=N–C) groups is 1. The molecule has 3 heterocycles. The normalized spacial score (nSPS) is 16.8. The molecule has 0 radical (unpaired) electrons. The molecule has 262 valence electrons. The Kier molecular flexibility index (Phi) is 8.12. The molecule has 0 N–H and O–H groups in total. The Balaban J connectivity index is 1.11. The molecule has 0 saturated heterocycles. The number of para-hydroxylation sites is 2. The minimum absolute atomic E-state index is 0.0817. The van der Waals surface area contributed by atoms with Gasteiger partial charge in [0.1, 0.15) is 6.17 Å². The fraction of sp³-hybridized carbons (Fsp3) is 0.0784. The van der Waals surface area contributed by atoms with E-state index in [9.17, 15) is 0 Å². The first-order valence-electron chi connectivity index (χ1n) is 18.9. The second-order valence-electron chi connectivity index (χ2n) is 14.2. The molecule has 0 saturated carbocycles. The highest BCUT2D eigenvalue weighted by Crippen LogP contribution is 2.45. The highest BCUT2D eigenvalue weighted by atomic mass is 15.4. The minimum Gasteiger partial charge on any atom is -0.348 e. The van der Waals surface area contributed by atoms with Crippen molar-refractivity contribution in [2.75, 3.05) is 11.9 Å². The SMILES string of the molecule is CN1C2=C(C=CC=C=C2)N(c2ccccc2)C1c1cc(-c2ccc(C3=CCCC=N3)cc2)cc(-c2ccc(-n3c4c(c5ccccc53)C=CC=C=C4)cc2)c1. The number of nitrogens with zero attached hydrogens (tertiary/aromatic N) is 4. The van der Waals surface area contributed by atoms with E-state index < -0.39 is 0 Å². The molecule has 1 aromatic heterocycles. The number of benzene rings is 5. The predicted octanol–water partition coefficient (Wildman–Crippen LogP) is 12.3. The van der Waals surface area contributed by atoms with Gasteiger partial charge in [-0.1, -0.05) is 97.1 Å². The van der Waals surface area contributed by atoms with Crippen LogP contribution in [0.5, 0.6) is 0 Å². The number of rotatable bonds is 6. The molecule has 0 spiro atoms. The largest absolute Gasteiger partial charge is 0.348 e. The van der Waals surface area contributed by atoms with E-state index in [0.717, 1.165) is 58.1 Å². The van der Waals surface area contributed by atoms with Crippen molar-refractivity contribution < 1.29 is 0 Å². The first kappa shape index (κ1) is 32.6. The number of hydrogen-bond donors (Lipinski definition) is 0. The summed E-state index contributed by atoms with van der Waals surface area (Å²) in [6, 6.07) is 44.3. The molecular weight excluding hydrogens is 669 g/mol. The molecule has 0 amide bonds. The summed E-state index contributed by atoms with van der Waals surface area (Å²) in [6.07, 6.45) is 22.9. The van der Waals surface area contributed by atoms with Crippen LogP contribution in [0.4, 0.5) is 5.69 Å². The molecule has 0 bridgehead atoms. The molecule has 10 rings (SSSR count). The van der Waals surface area contributed by atoms with Gasteiger partial charge in [-0.15, -0.1) is 11.5 Å². The van der Waals surface area contributed by atoms with E-state index in [1.807, 2.05) is 18.4 Å². The summed E-state index contributed by atoms with van der Waals surface area (Å²) >= 11 is 0. The van der Waals surface area contributed by atoms with Gasteiger partial charge in [-0.3, -0.25) is 4.99 Å². The molecule has 6 aromatic rings. The van der Waals surface area contributed by atoms with Crippen molar-refractivity contribution in [1.29, 1.82) is 0 Å². The highest BCUT2D eigenvalue weighted by molar-refractivity contribution is 5.96. The summed E-state index contributed by atoms with van der Waals surface area (Å²) in [4.78, 5) is 9.50. The van der Waals surface area contributed by atoms with E-state index in [0.29, 0.717) is 0 Å². The van der Waals surface area contributed by atoms with Gasteiger partial charge in [0.15, 0.2) is 0 Å². The topological polar surface area (TPSA) is 23.8 Å². The number of likely N-dealkylation sites (N-methyl/N-ethyl adjacent to an activating group) is 1. The predicted molar refractivity (Wildman–Crippen MR) is 230 cm³/mol. The van der Waals surface area contributed by atoms with E-state index in [4.69, 9.17) is 0 Å². The fourth-order valence-electron chi connectivity index (χ4n) is 8.33. The zero-order valence-electron chi connectivity index (χ0n) is 30.6. The number of hydrogen-bond acceptors (Lipinski definition) is 3. The lowest BCUT2D eigenvalue weighted by atomic mass is 9.93. The molecule has 2 aliphatic heterocycles. The van der Waals surface area contributed by atoms with Crippen LogP contribution in [-0.4, -0.2) is 22.7 Å². The second kappa shape index (κ2) is 13.7. The summed E-state index contributed by atoms with van der Waals surface area (Å²) in [6.45, 7) is 0. The molecule has 1 atom stereocenters. The van der Waals surface area contributed by atoms with Crippen LogP contribution in [0.25, 0.3) is 56.7 Å². The second-order valence-corrected chi connectivity index (χ2v) is 14.2. The molecule has 4 aliphatic rings. The van der Waals surface area contributed by atoms with Gasteiger partial charge >= 0.3 is 0 Å². The number of fused-ring (bicyclic) bond motifs is 3. The van der Waals surface area contributed by atoms with Crippen LogP contribution in [0.15, 0.2) is 192 Å². The summed E-state index contributed by atoms with van der Waals surface area (Å²) in [7, 11) is 2.19. The molecule has 1 unspecified atom stereocenters. The van der Waals surface area contributed by atoms with Gasteiger partial charge in [-0.2, -0.15) is 0 Å². The highest BCUT2D eigenvalue weighted by Gasteiger charge is 2.37. The van der Waals surface area contributed by atoms with E-state index in [1.54, 1.807) is 0 Å². The summed E-state index contributed by atoms with van der Waals surface area (Å²) in [5.41, 5.74) is 22.8. The Hall–Kier alpha value is -7.09. The lowest BCUT2D eigenvalue weighted by Gasteiger charge is -2.33. The van der Waals surface area contributed by atoms with Crippen LogP contribution in [0.1, 0.15) is 41.4 Å². The Morgan fingerprint density at radius 2 is 1.31 bits per heavy atom. The number of aromatic nitrogens is 1.